The zero-order chi connectivity index (χ0) is 13.2. The van der Waals surface area contributed by atoms with Gasteiger partial charge in [0.15, 0.2) is 0 Å². The van der Waals surface area contributed by atoms with Crippen LogP contribution in [0.25, 0.3) is 11.0 Å². The molecule has 3 rings (SSSR count). The van der Waals surface area contributed by atoms with Crippen molar-refractivity contribution in [3.8, 4) is 0 Å². The number of hydrogen-bond donors (Lipinski definition) is 0. The molecule has 0 spiro atoms. The van der Waals surface area contributed by atoms with Crippen molar-refractivity contribution in [3.63, 3.8) is 0 Å². The molecule has 1 aliphatic rings. The molecule has 2 heterocycles. The molecule has 2 aromatic rings. The summed E-state index contributed by atoms with van der Waals surface area (Å²) in [6.07, 6.45) is 2.63. The van der Waals surface area contributed by atoms with Gasteiger partial charge in [0.1, 0.15) is 5.82 Å². The second-order valence-corrected chi connectivity index (χ2v) is 6.76. The zero-order valence-electron chi connectivity index (χ0n) is 11.2. The van der Waals surface area contributed by atoms with E-state index in [1.165, 1.54) is 35.4 Å². The van der Waals surface area contributed by atoms with Gasteiger partial charge in [-0.1, -0.05) is 12.1 Å². The lowest BCUT2D eigenvalue weighted by atomic mass is 10.0. The Balaban J connectivity index is 2.00. The van der Waals surface area contributed by atoms with Crippen LogP contribution in [0.4, 0.5) is 0 Å². The second-order valence-electron chi connectivity index (χ2n) is 5.27. The summed E-state index contributed by atoms with van der Waals surface area (Å²) < 4.78 is 2.36. The third kappa shape index (κ3) is 2.63. The van der Waals surface area contributed by atoms with Crippen LogP contribution in [-0.4, -0.2) is 21.1 Å². The highest BCUT2D eigenvalue weighted by atomic mass is 35.5. The van der Waals surface area contributed by atoms with Crippen molar-refractivity contribution in [2.75, 3.05) is 11.5 Å². The lowest BCUT2D eigenvalue weighted by Gasteiger charge is -2.23. The maximum atomic E-state index is 6.09. The van der Waals surface area contributed by atoms with Crippen molar-refractivity contribution >= 4 is 34.4 Å². The number of aromatic nitrogens is 2. The first-order valence-electron chi connectivity index (χ1n) is 6.88. The molecule has 0 saturated carbocycles. The molecule has 1 aliphatic heterocycles. The first-order chi connectivity index (χ1) is 9.29. The molecule has 0 amide bonds. The lowest BCUT2D eigenvalue weighted by Crippen LogP contribution is -2.17. The molecular weight excluding hydrogens is 276 g/mol. The van der Waals surface area contributed by atoms with Gasteiger partial charge < -0.3 is 4.57 Å². The van der Waals surface area contributed by atoms with E-state index in [1.807, 2.05) is 0 Å². The van der Waals surface area contributed by atoms with Gasteiger partial charge in [0.25, 0.3) is 0 Å². The van der Waals surface area contributed by atoms with E-state index in [1.54, 1.807) is 0 Å². The number of thioether (sulfide) groups is 1. The van der Waals surface area contributed by atoms with E-state index in [9.17, 15) is 0 Å². The zero-order valence-corrected chi connectivity index (χ0v) is 12.8. The Morgan fingerprint density at radius 1 is 1.37 bits per heavy atom. The first-order valence-corrected chi connectivity index (χ1v) is 8.57. The number of benzene rings is 1. The highest BCUT2D eigenvalue weighted by Gasteiger charge is 2.18. The van der Waals surface area contributed by atoms with Crippen LogP contribution in [0.2, 0.25) is 0 Å². The summed E-state index contributed by atoms with van der Waals surface area (Å²) in [4.78, 5) is 4.68. The average Bonchev–Trinajstić information content (AvgIpc) is 2.79. The monoisotopic (exact) mass is 294 g/mol. The van der Waals surface area contributed by atoms with Crippen molar-refractivity contribution in [1.82, 2.24) is 9.55 Å². The van der Waals surface area contributed by atoms with Crippen molar-refractivity contribution in [2.24, 2.45) is 5.92 Å². The number of nitrogens with zero attached hydrogens (tertiary/aromatic N) is 2. The third-order valence-corrected chi connectivity index (χ3v) is 5.24. The fourth-order valence-electron chi connectivity index (χ4n) is 2.90. The Labute approximate surface area is 123 Å². The normalized spacial score (nSPS) is 17.2. The van der Waals surface area contributed by atoms with Crippen LogP contribution in [0.3, 0.4) is 0 Å². The average molecular weight is 295 g/mol. The van der Waals surface area contributed by atoms with E-state index in [-0.39, 0.29) is 0 Å². The second kappa shape index (κ2) is 5.76. The SMILES string of the molecule is Cc1cccc2nc(CCl)n(CC3CCSCC3)c12. The Hall–Kier alpha value is -0.670. The Morgan fingerprint density at radius 3 is 2.89 bits per heavy atom. The molecule has 0 N–H and O–H groups in total. The summed E-state index contributed by atoms with van der Waals surface area (Å²) in [5.41, 5.74) is 3.66. The van der Waals surface area contributed by atoms with Crippen molar-refractivity contribution in [2.45, 2.75) is 32.2 Å². The predicted molar refractivity (Wildman–Crippen MR) is 84.1 cm³/mol. The predicted octanol–water partition coefficient (Wildman–Crippen LogP) is 4.23. The molecule has 102 valence electrons. The van der Waals surface area contributed by atoms with Gasteiger partial charge >= 0.3 is 0 Å². The fraction of sp³-hybridized carbons (Fsp3) is 0.533. The van der Waals surface area contributed by atoms with E-state index in [0.717, 1.165) is 23.8 Å². The van der Waals surface area contributed by atoms with Gasteiger partial charge in [-0.3, -0.25) is 0 Å². The number of para-hydroxylation sites is 1. The summed E-state index contributed by atoms with van der Waals surface area (Å²) >= 11 is 8.16. The van der Waals surface area contributed by atoms with Gasteiger partial charge in [-0.05, 0) is 48.8 Å². The van der Waals surface area contributed by atoms with Gasteiger partial charge in [-0.15, -0.1) is 11.6 Å². The fourth-order valence-corrected chi connectivity index (χ4v) is 4.31. The highest BCUT2D eigenvalue weighted by molar-refractivity contribution is 7.99. The van der Waals surface area contributed by atoms with Crippen molar-refractivity contribution < 1.29 is 0 Å². The summed E-state index contributed by atoms with van der Waals surface area (Å²) in [5, 5.41) is 0. The minimum atomic E-state index is 0.496. The van der Waals surface area contributed by atoms with E-state index >= 15 is 0 Å². The molecule has 1 saturated heterocycles. The topological polar surface area (TPSA) is 17.8 Å². The molecule has 2 nitrogen and oxygen atoms in total. The quantitative estimate of drug-likeness (QED) is 0.789. The summed E-state index contributed by atoms with van der Waals surface area (Å²) in [7, 11) is 0. The standard InChI is InChI=1S/C15H19ClN2S/c1-11-3-2-4-13-15(11)18(14(9-16)17-13)10-12-5-7-19-8-6-12/h2-4,12H,5-10H2,1H3. The number of hydrogen-bond acceptors (Lipinski definition) is 2. The minimum Gasteiger partial charge on any atom is -0.326 e. The largest absolute Gasteiger partial charge is 0.326 e. The Bertz CT molecular complexity index is 573. The van der Waals surface area contributed by atoms with Crippen LogP contribution in [-0.2, 0) is 12.4 Å². The van der Waals surface area contributed by atoms with Crippen LogP contribution in [0.1, 0.15) is 24.2 Å². The molecule has 0 unspecified atom stereocenters. The Kier molecular flexibility index (Phi) is 4.04. The number of alkyl halides is 1. The maximum Gasteiger partial charge on any atom is 0.124 e. The van der Waals surface area contributed by atoms with E-state index in [4.69, 9.17) is 11.6 Å². The molecule has 0 radical (unpaired) electrons. The minimum absolute atomic E-state index is 0.496. The molecule has 1 aromatic carbocycles. The van der Waals surface area contributed by atoms with E-state index in [2.05, 4.69) is 46.4 Å². The van der Waals surface area contributed by atoms with E-state index in [0.29, 0.717) is 5.88 Å². The number of halogens is 1. The third-order valence-electron chi connectivity index (χ3n) is 3.95. The van der Waals surface area contributed by atoms with Crippen molar-refractivity contribution in [3.05, 3.63) is 29.6 Å². The number of aryl methyl sites for hydroxylation is 1. The van der Waals surface area contributed by atoms with Crippen LogP contribution in [0.15, 0.2) is 18.2 Å². The Morgan fingerprint density at radius 2 is 2.16 bits per heavy atom. The molecule has 4 heteroatoms. The van der Waals surface area contributed by atoms with Gasteiger partial charge in [-0.2, -0.15) is 11.8 Å². The first kappa shape index (κ1) is 13.3. The lowest BCUT2D eigenvalue weighted by molar-refractivity contribution is 0.417. The van der Waals surface area contributed by atoms with Crippen LogP contribution in [0, 0.1) is 12.8 Å². The summed E-state index contributed by atoms with van der Waals surface area (Å²) in [6, 6.07) is 6.32. The van der Waals surface area contributed by atoms with Crippen LogP contribution in [0.5, 0.6) is 0 Å². The molecule has 0 aliphatic carbocycles. The van der Waals surface area contributed by atoms with Crippen molar-refractivity contribution in [1.29, 1.82) is 0 Å². The number of imidazole rings is 1. The molecular formula is C15H19ClN2S. The molecule has 0 atom stereocenters. The summed E-state index contributed by atoms with van der Waals surface area (Å²) in [5.74, 6) is 4.89. The molecule has 1 fully saturated rings. The van der Waals surface area contributed by atoms with Gasteiger partial charge in [0.2, 0.25) is 0 Å². The van der Waals surface area contributed by atoms with Crippen LogP contribution >= 0.6 is 23.4 Å². The van der Waals surface area contributed by atoms with Gasteiger partial charge in [0, 0.05) is 6.54 Å². The number of rotatable bonds is 3. The van der Waals surface area contributed by atoms with Gasteiger partial charge in [-0.25, -0.2) is 4.98 Å². The maximum absolute atomic E-state index is 6.09. The van der Waals surface area contributed by atoms with Gasteiger partial charge in [0.05, 0.1) is 16.9 Å². The summed E-state index contributed by atoms with van der Waals surface area (Å²) in [6.45, 7) is 3.24. The van der Waals surface area contributed by atoms with Crippen LogP contribution < -0.4 is 0 Å². The van der Waals surface area contributed by atoms with E-state index < -0.39 is 0 Å². The highest BCUT2D eigenvalue weighted by Crippen LogP contribution is 2.28. The molecule has 1 aromatic heterocycles. The molecule has 0 bridgehead atoms. The number of fused-ring (bicyclic) bond motifs is 1. The smallest absolute Gasteiger partial charge is 0.124 e. The molecule has 19 heavy (non-hydrogen) atoms.